The molecule has 2 N–H and O–H groups in total. The molecule has 1 saturated carbocycles. The molecule has 0 atom stereocenters. The fourth-order valence-electron chi connectivity index (χ4n) is 1.46. The highest BCUT2D eigenvalue weighted by molar-refractivity contribution is 7.89. The predicted octanol–water partition coefficient (Wildman–Crippen LogP) is 0.323. The molecule has 0 aromatic heterocycles. The maximum absolute atomic E-state index is 11.4. The van der Waals surface area contributed by atoms with E-state index in [0.29, 0.717) is 0 Å². The van der Waals surface area contributed by atoms with Crippen molar-refractivity contribution in [1.29, 1.82) is 0 Å². The van der Waals surface area contributed by atoms with Gasteiger partial charge in [0.05, 0.1) is 12.2 Å². The van der Waals surface area contributed by atoms with Crippen molar-refractivity contribution < 1.29 is 18.3 Å². The number of hydrogen-bond donors (Lipinski definition) is 2. The fraction of sp³-hybridized carbons (Fsp3) is 0.875. The lowest BCUT2D eigenvalue weighted by Gasteiger charge is -2.38. The first-order chi connectivity index (χ1) is 6.33. The molecule has 0 heterocycles. The van der Waals surface area contributed by atoms with E-state index in [0.717, 1.165) is 19.3 Å². The van der Waals surface area contributed by atoms with Crippen LogP contribution in [0, 0.1) is 0 Å². The van der Waals surface area contributed by atoms with E-state index in [1.165, 1.54) is 0 Å². The molecule has 0 amide bonds. The van der Waals surface area contributed by atoms with Gasteiger partial charge in [0.15, 0.2) is 0 Å². The third kappa shape index (κ3) is 3.26. The van der Waals surface area contributed by atoms with Crippen LogP contribution in [-0.2, 0) is 14.8 Å². The topological polar surface area (TPSA) is 83.5 Å². The number of sulfonamides is 1. The minimum absolute atomic E-state index is 0.335. The van der Waals surface area contributed by atoms with E-state index >= 15 is 0 Å². The Kier molecular flexibility index (Phi) is 3.16. The van der Waals surface area contributed by atoms with Crippen LogP contribution in [0.1, 0.15) is 32.6 Å². The van der Waals surface area contributed by atoms with Crippen molar-refractivity contribution in [2.24, 2.45) is 0 Å². The highest BCUT2D eigenvalue weighted by Gasteiger charge is 2.35. The largest absolute Gasteiger partial charge is 0.481 e. The van der Waals surface area contributed by atoms with Gasteiger partial charge in [-0.15, -0.1) is 0 Å². The second-order valence-electron chi connectivity index (χ2n) is 3.98. The standard InChI is InChI=1S/C8H15NO4S/c1-8(4-2-5-8)9-14(12,13)6-3-7(10)11/h9H,2-6H2,1H3,(H,10,11). The van der Waals surface area contributed by atoms with Crippen LogP contribution >= 0.6 is 0 Å². The van der Waals surface area contributed by atoms with Gasteiger partial charge in [-0.3, -0.25) is 4.79 Å². The van der Waals surface area contributed by atoms with Crippen molar-refractivity contribution >= 4 is 16.0 Å². The predicted molar refractivity (Wildman–Crippen MR) is 51.4 cm³/mol. The number of hydrogen-bond acceptors (Lipinski definition) is 3. The minimum Gasteiger partial charge on any atom is -0.481 e. The van der Waals surface area contributed by atoms with Gasteiger partial charge in [0.25, 0.3) is 0 Å². The Hall–Kier alpha value is -0.620. The summed E-state index contributed by atoms with van der Waals surface area (Å²) in [6.45, 7) is 1.84. The SMILES string of the molecule is CC1(NS(=O)(=O)CCC(=O)O)CCC1. The van der Waals surface area contributed by atoms with E-state index in [9.17, 15) is 13.2 Å². The van der Waals surface area contributed by atoms with Crippen molar-refractivity contribution in [2.75, 3.05) is 5.75 Å². The van der Waals surface area contributed by atoms with Gasteiger partial charge in [0, 0.05) is 5.54 Å². The molecule has 0 aromatic rings. The Bertz CT molecular complexity index is 318. The molecule has 0 radical (unpaired) electrons. The Morgan fingerprint density at radius 2 is 2.07 bits per heavy atom. The van der Waals surface area contributed by atoms with Crippen LogP contribution < -0.4 is 4.72 Å². The van der Waals surface area contributed by atoms with Crippen LogP contribution in [0.15, 0.2) is 0 Å². The average molecular weight is 221 g/mol. The summed E-state index contributed by atoms with van der Waals surface area (Å²) in [5.41, 5.74) is -0.336. The van der Waals surface area contributed by atoms with Crippen LogP contribution in [0.25, 0.3) is 0 Å². The van der Waals surface area contributed by atoms with Crippen LogP contribution in [0.2, 0.25) is 0 Å². The van der Waals surface area contributed by atoms with E-state index in [1.54, 1.807) is 0 Å². The Morgan fingerprint density at radius 3 is 2.43 bits per heavy atom. The maximum Gasteiger partial charge on any atom is 0.304 e. The van der Waals surface area contributed by atoms with Crippen LogP contribution in [0.3, 0.4) is 0 Å². The first-order valence-electron chi connectivity index (χ1n) is 4.56. The molecule has 0 saturated heterocycles. The minimum atomic E-state index is -3.43. The summed E-state index contributed by atoms with van der Waals surface area (Å²) in [5, 5.41) is 8.35. The first-order valence-corrected chi connectivity index (χ1v) is 6.22. The molecule has 0 bridgehead atoms. The van der Waals surface area contributed by atoms with Gasteiger partial charge in [0.1, 0.15) is 0 Å². The Morgan fingerprint density at radius 1 is 1.50 bits per heavy atom. The van der Waals surface area contributed by atoms with Crippen molar-refractivity contribution in [2.45, 2.75) is 38.1 Å². The van der Waals surface area contributed by atoms with Crippen LogP contribution in [0.4, 0.5) is 0 Å². The van der Waals surface area contributed by atoms with E-state index in [4.69, 9.17) is 5.11 Å². The third-order valence-corrected chi connectivity index (χ3v) is 3.99. The summed E-state index contributed by atoms with van der Waals surface area (Å²) in [6.07, 6.45) is 2.35. The van der Waals surface area contributed by atoms with Crippen molar-refractivity contribution in [3.63, 3.8) is 0 Å². The molecule has 6 heteroatoms. The molecule has 82 valence electrons. The zero-order valence-corrected chi connectivity index (χ0v) is 8.93. The van der Waals surface area contributed by atoms with Crippen molar-refractivity contribution in [3.05, 3.63) is 0 Å². The molecule has 1 aliphatic carbocycles. The van der Waals surface area contributed by atoms with E-state index < -0.39 is 16.0 Å². The summed E-state index contributed by atoms with van der Waals surface area (Å²) >= 11 is 0. The van der Waals surface area contributed by atoms with Crippen molar-refractivity contribution in [1.82, 2.24) is 4.72 Å². The molecule has 0 aliphatic heterocycles. The maximum atomic E-state index is 11.4. The average Bonchev–Trinajstić information content (AvgIpc) is 1.98. The molecular weight excluding hydrogens is 206 g/mol. The smallest absolute Gasteiger partial charge is 0.304 e. The Labute approximate surface area is 83.6 Å². The molecule has 1 aliphatic rings. The lowest BCUT2D eigenvalue weighted by Crippen LogP contribution is -2.51. The number of aliphatic carboxylic acids is 1. The summed E-state index contributed by atoms with van der Waals surface area (Å²) in [4.78, 5) is 10.2. The van der Waals surface area contributed by atoms with Gasteiger partial charge in [-0.05, 0) is 26.2 Å². The third-order valence-electron chi connectivity index (χ3n) is 2.44. The van der Waals surface area contributed by atoms with E-state index in [-0.39, 0.29) is 17.7 Å². The molecule has 0 spiro atoms. The van der Waals surface area contributed by atoms with E-state index in [2.05, 4.69) is 4.72 Å². The molecule has 0 aromatic carbocycles. The number of carbonyl (C=O) groups is 1. The second kappa shape index (κ2) is 3.86. The summed E-state index contributed by atoms with van der Waals surface area (Å²) in [6, 6.07) is 0. The summed E-state index contributed by atoms with van der Waals surface area (Å²) < 4.78 is 25.3. The van der Waals surface area contributed by atoms with E-state index in [1.807, 2.05) is 6.92 Å². The molecular formula is C8H15NO4S. The molecule has 0 unspecified atom stereocenters. The highest BCUT2D eigenvalue weighted by atomic mass is 32.2. The lowest BCUT2D eigenvalue weighted by molar-refractivity contribution is -0.136. The van der Waals surface area contributed by atoms with Gasteiger partial charge in [-0.1, -0.05) is 0 Å². The monoisotopic (exact) mass is 221 g/mol. The molecule has 5 nitrogen and oxygen atoms in total. The summed E-state index contributed by atoms with van der Waals surface area (Å²) in [7, 11) is -3.43. The number of carboxylic acids is 1. The quantitative estimate of drug-likeness (QED) is 0.700. The van der Waals surface area contributed by atoms with Gasteiger partial charge >= 0.3 is 5.97 Å². The number of rotatable bonds is 5. The zero-order chi connectivity index (χ0) is 10.8. The zero-order valence-electron chi connectivity index (χ0n) is 8.12. The van der Waals surface area contributed by atoms with Gasteiger partial charge < -0.3 is 5.11 Å². The number of nitrogens with one attached hydrogen (secondary N) is 1. The molecule has 14 heavy (non-hydrogen) atoms. The van der Waals surface area contributed by atoms with Gasteiger partial charge in [-0.25, -0.2) is 13.1 Å². The molecule has 1 rings (SSSR count). The van der Waals surface area contributed by atoms with Crippen molar-refractivity contribution in [3.8, 4) is 0 Å². The fourth-order valence-corrected chi connectivity index (χ4v) is 2.96. The Balaban J connectivity index is 2.45. The lowest BCUT2D eigenvalue weighted by atomic mass is 9.80. The second-order valence-corrected chi connectivity index (χ2v) is 5.82. The van der Waals surface area contributed by atoms with Gasteiger partial charge in [0.2, 0.25) is 10.0 Å². The van der Waals surface area contributed by atoms with Crippen LogP contribution in [-0.4, -0.2) is 30.8 Å². The first kappa shape index (κ1) is 11.5. The normalized spacial score (nSPS) is 20.1. The molecule has 1 fully saturated rings. The number of carboxylic acid groups (broad SMARTS) is 1. The summed E-state index contributed by atoms with van der Waals surface area (Å²) in [5.74, 6) is -1.42. The highest BCUT2D eigenvalue weighted by Crippen LogP contribution is 2.31. The van der Waals surface area contributed by atoms with Gasteiger partial charge in [-0.2, -0.15) is 0 Å². The van der Waals surface area contributed by atoms with Crippen LogP contribution in [0.5, 0.6) is 0 Å².